The predicted molar refractivity (Wildman–Crippen MR) is 109 cm³/mol. The van der Waals surface area contributed by atoms with Gasteiger partial charge in [0.1, 0.15) is 5.69 Å². The number of pyridine rings is 1. The molecule has 156 valence electrons. The smallest absolute Gasteiger partial charge is 0.239 e. The molecule has 0 fully saturated rings. The molecule has 0 spiro atoms. The summed E-state index contributed by atoms with van der Waals surface area (Å²) >= 11 is 6.10. The fourth-order valence-electron chi connectivity index (χ4n) is 3.04. The lowest BCUT2D eigenvalue weighted by molar-refractivity contribution is -0.115. The summed E-state index contributed by atoms with van der Waals surface area (Å²) < 4.78 is 46.3. The molecule has 0 aliphatic carbocycles. The van der Waals surface area contributed by atoms with E-state index in [2.05, 4.69) is 15.5 Å². The Morgan fingerprint density at radius 2 is 1.68 bits per heavy atom. The third-order valence-corrected chi connectivity index (χ3v) is 4.85. The summed E-state index contributed by atoms with van der Waals surface area (Å²) in [6, 6.07) is 11.7. The van der Waals surface area contributed by atoms with Crippen molar-refractivity contribution in [1.82, 2.24) is 10.1 Å². The number of benzene rings is 2. The molecule has 0 saturated heterocycles. The topological polar surface area (TPSA) is 68.0 Å². The lowest BCUT2D eigenvalue weighted by Gasteiger charge is -2.07. The van der Waals surface area contributed by atoms with Gasteiger partial charge in [-0.3, -0.25) is 15.1 Å². The van der Waals surface area contributed by atoms with Gasteiger partial charge in [-0.05, 0) is 41.5 Å². The van der Waals surface area contributed by atoms with E-state index < -0.39 is 23.4 Å². The minimum absolute atomic E-state index is 0.0250. The van der Waals surface area contributed by atoms with Crippen LogP contribution >= 0.6 is 11.6 Å². The normalized spacial score (nSPS) is 10.8. The van der Waals surface area contributed by atoms with Crippen molar-refractivity contribution >= 4 is 23.4 Å². The highest BCUT2D eigenvalue weighted by molar-refractivity contribution is 6.31. The van der Waals surface area contributed by atoms with E-state index in [1.165, 1.54) is 12.4 Å². The Morgan fingerprint density at radius 1 is 1.00 bits per heavy atom. The largest absolute Gasteiger partial charge is 0.337 e. The molecular weight excluding hydrogens is 431 g/mol. The highest BCUT2D eigenvalue weighted by Gasteiger charge is 2.23. The van der Waals surface area contributed by atoms with Crippen LogP contribution in [0.25, 0.3) is 22.4 Å². The van der Waals surface area contributed by atoms with Gasteiger partial charge in [-0.1, -0.05) is 35.0 Å². The highest BCUT2D eigenvalue weighted by atomic mass is 35.5. The van der Waals surface area contributed by atoms with Crippen LogP contribution in [-0.2, 0) is 11.2 Å². The number of hydrogen-bond donors (Lipinski definition) is 1. The molecule has 0 saturated carbocycles. The van der Waals surface area contributed by atoms with E-state index in [0.29, 0.717) is 16.1 Å². The molecule has 1 N–H and O–H groups in total. The van der Waals surface area contributed by atoms with E-state index in [1.807, 2.05) is 0 Å². The Balaban J connectivity index is 1.74. The van der Waals surface area contributed by atoms with Crippen molar-refractivity contribution in [1.29, 1.82) is 0 Å². The molecule has 0 atom stereocenters. The Morgan fingerprint density at radius 3 is 2.35 bits per heavy atom. The van der Waals surface area contributed by atoms with Crippen LogP contribution in [0.4, 0.5) is 19.1 Å². The predicted octanol–water partition coefficient (Wildman–Crippen LogP) is 5.66. The molecule has 0 radical (unpaired) electrons. The van der Waals surface area contributed by atoms with Gasteiger partial charge in [0.2, 0.25) is 11.8 Å². The van der Waals surface area contributed by atoms with Crippen LogP contribution in [0.1, 0.15) is 5.56 Å². The van der Waals surface area contributed by atoms with Crippen molar-refractivity contribution in [3.05, 3.63) is 89.0 Å². The van der Waals surface area contributed by atoms with Crippen molar-refractivity contribution in [2.75, 3.05) is 5.32 Å². The standard InChI is InChI=1S/C22H13ClF3N3O2/c23-15-4-2-1-3-13(15)11-18(30)28-22-19(12-5-7-27-8-6-12)21(29-31-22)14-9-16(24)20(26)17(25)10-14/h1-10H,11H2,(H,28,30). The summed E-state index contributed by atoms with van der Waals surface area (Å²) in [5, 5.41) is 6.90. The minimum atomic E-state index is -1.59. The van der Waals surface area contributed by atoms with Gasteiger partial charge in [0.05, 0.1) is 12.0 Å². The van der Waals surface area contributed by atoms with Crippen LogP contribution in [0, 0.1) is 17.5 Å². The SMILES string of the molecule is O=C(Cc1ccccc1Cl)Nc1onc(-c2cc(F)c(F)c(F)c2)c1-c1ccncc1. The summed E-state index contributed by atoms with van der Waals surface area (Å²) in [6.45, 7) is 0. The number of anilines is 1. The van der Waals surface area contributed by atoms with E-state index in [0.717, 1.165) is 12.1 Å². The first-order valence-electron chi connectivity index (χ1n) is 9.02. The monoisotopic (exact) mass is 443 g/mol. The molecular formula is C22H13ClF3N3O2. The number of nitrogens with one attached hydrogen (secondary N) is 1. The number of carbonyl (C=O) groups is 1. The zero-order valence-corrected chi connectivity index (χ0v) is 16.5. The Kier molecular flexibility index (Phi) is 5.73. The van der Waals surface area contributed by atoms with Crippen LogP contribution in [0.5, 0.6) is 0 Å². The summed E-state index contributed by atoms with van der Waals surface area (Å²) in [6.07, 6.45) is 2.95. The Hall–Kier alpha value is -3.65. The second-order valence-corrected chi connectivity index (χ2v) is 6.95. The summed E-state index contributed by atoms with van der Waals surface area (Å²) in [7, 11) is 0. The number of carbonyl (C=O) groups excluding carboxylic acids is 1. The van der Waals surface area contributed by atoms with Crippen LogP contribution in [0.15, 0.2) is 65.4 Å². The summed E-state index contributed by atoms with van der Waals surface area (Å²) in [5.74, 6) is -4.82. The minimum Gasteiger partial charge on any atom is -0.337 e. The molecule has 2 aromatic heterocycles. The number of aromatic nitrogens is 2. The first-order chi connectivity index (χ1) is 14.9. The second-order valence-electron chi connectivity index (χ2n) is 6.54. The molecule has 2 aromatic carbocycles. The molecule has 0 aliphatic heterocycles. The van der Waals surface area contributed by atoms with Gasteiger partial charge >= 0.3 is 0 Å². The van der Waals surface area contributed by atoms with Crippen molar-refractivity contribution < 1.29 is 22.5 Å². The van der Waals surface area contributed by atoms with Crippen molar-refractivity contribution in [3.8, 4) is 22.4 Å². The van der Waals surface area contributed by atoms with E-state index in [1.54, 1.807) is 36.4 Å². The molecule has 9 heteroatoms. The van der Waals surface area contributed by atoms with Gasteiger partial charge in [-0.2, -0.15) is 0 Å². The summed E-state index contributed by atoms with van der Waals surface area (Å²) in [5.41, 5.74) is 1.36. The zero-order valence-electron chi connectivity index (χ0n) is 15.7. The molecule has 0 unspecified atom stereocenters. The van der Waals surface area contributed by atoms with Crippen molar-refractivity contribution in [2.45, 2.75) is 6.42 Å². The van der Waals surface area contributed by atoms with Crippen molar-refractivity contribution in [2.24, 2.45) is 0 Å². The number of nitrogens with zero attached hydrogens (tertiary/aromatic N) is 2. The maximum absolute atomic E-state index is 13.8. The molecule has 4 aromatic rings. The van der Waals surface area contributed by atoms with E-state index in [-0.39, 0.29) is 29.1 Å². The Labute approximate surface area is 179 Å². The average Bonchev–Trinajstić information content (AvgIpc) is 3.17. The van der Waals surface area contributed by atoms with Gasteiger partial charge in [-0.25, -0.2) is 13.2 Å². The highest BCUT2D eigenvalue weighted by Crippen LogP contribution is 2.38. The molecule has 0 aliphatic rings. The zero-order chi connectivity index (χ0) is 22.0. The maximum atomic E-state index is 13.8. The van der Waals surface area contributed by atoms with Gasteiger partial charge < -0.3 is 4.52 Å². The van der Waals surface area contributed by atoms with Gasteiger partial charge in [-0.15, -0.1) is 0 Å². The van der Waals surface area contributed by atoms with Gasteiger partial charge in [0.25, 0.3) is 0 Å². The second kappa shape index (κ2) is 8.61. The lowest BCUT2D eigenvalue weighted by atomic mass is 10.0. The fourth-order valence-corrected chi connectivity index (χ4v) is 3.24. The van der Waals surface area contributed by atoms with E-state index >= 15 is 0 Å². The first-order valence-corrected chi connectivity index (χ1v) is 9.40. The van der Waals surface area contributed by atoms with E-state index in [4.69, 9.17) is 16.1 Å². The third-order valence-electron chi connectivity index (χ3n) is 4.48. The number of halogens is 4. The Bertz CT molecular complexity index is 1240. The van der Waals surface area contributed by atoms with Gasteiger partial charge in [0, 0.05) is 23.0 Å². The van der Waals surface area contributed by atoms with E-state index in [9.17, 15) is 18.0 Å². The molecule has 31 heavy (non-hydrogen) atoms. The number of rotatable bonds is 5. The molecule has 1 amide bonds. The fraction of sp³-hybridized carbons (Fsp3) is 0.0455. The summed E-state index contributed by atoms with van der Waals surface area (Å²) in [4.78, 5) is 16.5. The van der Waals surface area contributed by atoms with Crippen molar-refractivity contribution in [3.63, 3.8) is 0 Å². The van der Waals surface area contributed by atoms with Crippen LogP contribution < -0.4 is 5.32 Å². The molecule has 4 rings (SSSR count). The molecule has 5 nitrogen and oxygen atoms in total. The number of hydrogen-bond acceptors (Lipinski definition) is 4. The lowest BCUT2D eigenvalue weighted by Crippen LogP contribution is -2.14. The average molecular weight is 444 g/mol. The van der Waals surface area contributed by atoms with Crippen LogP contribution in [0.2, 0.25) is 5.02 Å². The van der Waals surface area contributed by atoms with Crippen LogP contribution in [0.3, 0.4) is 0 Å². The number of amides is 1. The maximum Gasteiger partial charge on any atom is 0.239 e. The first kappa shape index (κ1) is 20.6. The van der Waals surface area contributed by atoms with Crippen LogP contribution in [-0.4, -0.2) is 16.0 Å². The van der Waals surface area contributed by atoms with Gasteiger partial charge in [0.15, 0.2) is 17.5 Å². The quantitative estimate of drug-likeness (QED) is 0.404. The third kappa shape index (κ3) is 4.29. The molecule has 2 heterocycles. The molecule has 0 bridgehead atoms.